The summed E-state index contributed by atoms with van der Waals surface area (Å²) in [6, 6.07) is 14.4. The van der Waals surface area contributed by atoms with E-state index in [1.807, 2.05) is 24.3 Å². The summed E-state index contributed by atoms with van der Waals surface area (Å²) in [4.78, 5) is 22.0. The molecule has 0 bridgehead atoms. The number of nitrogens with zero attached hydrogens (tertiary/aromatic N) is 5. The van der Waals surface area contributed by atoms with Crippen LogP contribution < -0.4 is 0 Å². The standard InChI is InChI=1S/C20H23N5O2/c1-3-23(4-2)12-13-24-19-11-6-5-10-18(19)22-20(24)21-15-16-8-7-9-17(14-16)25(26)27/h5-11,14-15H,3-4,12-13H2,1-2H3. The van der Waals surface area contributed by atoms with Crippen LogP contribution in [0.2, 0.25) is 0 Å². The Morgan fingerprint density at radius 2 is 1.96 bits per heavy atom. The maximum absolute atomic E-state index is 10.9. The monoisotopic (exact) mass is 365 g/mol. The number of hydrogen-bond donors (Lipinski definition) is 0. The van der Waals surface area contributed by atoms with E-state index in [4.69, 9.17) is 0 Å². The number of aliphatic imine (C=N–C) groups is 1. The molecule has 0 N–H and O–H groups in total. The van der Waals surface area contributed by atoms with E-state index in [0.29, 0.717) is 11.5 Å². The molecule has 2 aromatic carbocycles. The van der Waals surface area contributed by atoms with Crippen LogP contribution in [0.25, 0.3) is 11.0 Å². The highest BCUT2D eigenvalue weighted by Crippen LogP contribution is 2.22. The number of non-ortho nitro benzene ring substituents is 1. The number of likely N-dealkylation sites (N-methyl/N-ethyl adjacent to an activating group) is 1. The molecule has 3 aromatic rings. The average molecular weight is 365 g/mol. The average Bonchev–Trinajstić information content (AvgIpc) is 3.05. The highest BCUT2D eigenvalue weighted by atomic mass is 16.6. The van der Waals surface area contributed by atoms with Gasteiger partial charge in [0.25, 0.3) is 5.69 Å². The van der Waals surface area contributed by atoms with Crippen molar-refractivity contribution >= 4 is 28.9 Å². The second-order valence-corrected chi connectivity index (χ2v) is 6.19. The molecule has 1 aromatic heterocycles. The summed E-state index contributed by atoms with van der Waals surface area (Å²) in [5.41, 5.74) is 2.65. The van der Waals surface area contributed by atoms with Crippen LogP contribution >= 0.6 is 0 Å². The molecule has 0 aliphatic rings. The molecule has 0 aliphatic carbocycles. The molecule has 0 fully saturated rings. The Morgan fingerprint density at radius 1 is 1.19 bits per heavy atom. The fraction of sp³-hybridized carbons (Fsp3) is 0.300. The van der Waals surface area contributed by atoms with Crippen LogP contribution in [0.3, 0.4) is 0 Å². The summed E-state index contributed by atoms with van der Waals surface area (Å²) < 4.78 is 2.10. The van der Waals surface area contributed by atoms with Crippen LogP contribution in [-0.2, 0) is 6.54 Å². The SMILES string of the molecule is CCN(CC)CCn1c(N=Cc2cccc([N+](=O)[O-])c2)nc2ccccc21. The fourth-order valence-electron chi connectivity index (χ4n) is 3.01. The molecule has 3 rings (SSSR count). The third-order valence-electron chi connectivity index (χ3n) is 4.58. The summed E-state index contributed by atoms with van der Waals surface area (Å²) in [7, 11) is 0. The number of aromatic nitrogens is 2. The summed E-state index contributed by atoms with van der Waals surface area (Å²) in [6.45, 7) is 7.98. The number of para-hydroxylation sites is 2. The molecule has 0 atom stereocenters. The highest BCUT2D eigenvalue weighted by molar-refractivity contribution is 5.84. The number of benzene rings is 2. The molecule has 0 amide bonds. The molecule has 0 radical (unpaired) electrons. The Balaban J connectivity index is 1.92. The van der Waals surface area contributed by atoms with Gasteiger partial charge in [-0.2, -0.15) is 0 Å². The summed E-state index contributed by atoms with van der Waals surface area (Å²) in [5.74, 6) is 0.606. The van der Waals surface area contributed by atoms with E-state index in [2.05, 4.69) is 33.3 Å². The lowest BCUT2D eigenvalue weighted by Crippen LogP contribution is -2.26. The van der Waals surface area contributed by atoms with Crippen molar-refractivity contribution in [2.45, 2.75) is 20.4 Å². The molecule has 7 heteroatoms. The normalized spacial score (nSPS) is 11.7. The van der Waals surface area contributed by atoms with Gasteiger partial charge in [-0.1, -0.05) is 38.1 Å². The van der Waals surface area contributed by atoms with Gasteiger partial charge in [0.1, 0.15) is 0 Å². The lowest BCUT2D eigenvalue weighted by atomic mass is 10.2. The van der Waals surface area contributed by atoms with E-state index in [9.17, 15) is 10.1 Å². The molecule has 1 heterocycles. The van der Waals surface area contributed by atoms with Gasteiger partial charge in [0, 0.05) is 31.4 Å². The zero-order valence-corrected chi connectivity index (χ0v) is 15.6. The van der Waals surface area contributed by atoms with Gasteiger partial charge < -0.3 is 9.47 Å². The lowest BCUT2D eigenvalue weighted by molar-refractivity contribution is -0.384. The van der Waals surface area contributed by atoms with Crippen LogP contribution in [0.5, 0.6) is 0 Å². The summed E-state index contributed by atoms with van der Waals surface area (Å²) in [5, 5.41) is 10.9. The van der Waals surface area contributed by atoms with Crippen molar-refractivity contribution in [2.24, 2.45) is 4.99 Å². The van der Waals surface area contributed by atoms with Crippen LogP contribution in [0, 0.1) is 10.1 Å². The van der Waals surface area contributed by atoms with Gasteiger partial charge in [-0.05, 0) is 30.8 Å². The first-order valence-corrected chi connectivity index (χ1v) is 9.08. The zero-order chi connectivity index (χ0) is 19.2. The molecule has 7 nitrogen and oxygen atoms in total. The van der Waals surface area contributed by atoms with E-state index in [1.54, 1.807) is 18.3 Å². The van der Waals surface area contributed by atoms with Crippen LogP contribution in [0.1, 0.15) is 19.4 Å². The third kappa shape index (κ3) is 4.38. The van der Waals surface area contributed by atoms with Crippen molar-refractivity contribution in [3.05, 3.63) is 64.2 Å². The van der Waals surface area contributed by atoms with Crippen molar-refractivity contribution in [2.75, 3.05) is 19.6 Å². The van der Waals surface area contributed by atoms with E-state index < -0.39 is 4.92 Å². The lowest BCUT2D eigenvalue weighted by Gasteiger charge is -2.18. The summed E-state index contributed by atoms with van der Waals surface area (Å²) >= 11 is 0. The Kier molecular flexibility index (Phi) is 5.93. The molecular weight excluding hydrogens is 342 g/mol. The Labute approximate surface area is 158 Å². The number of fused-ring (bicyclic) bond motifs is 1. The molecule has 27 heavy (non-hydrogen) atoms. The predicted octanol–water partition coefficient (Wildman–Crippen LogP) is 4.04. The van der Waals surface area contributed by atoms with Gasteiger partial charge in [-0.25, -0.2) is 9.98 Å². The van der Waals surface area contributed by atoms with E-state index in [-0.39, 0.29) is 5.69 Å². The Morgan fingerprint density at radius 3 is 2.70 bits per heavy atom. The molecule has 0 saturated heterocycles. The largest absolute Gasteiger partial charge is 0.307 e. The smallest absolute Gasteiger partial charge is 0.270 e. The zero-order valence-electron chi connectivity index (χ0n) is 15.6. The van der Waals surface area contributed by atoms with Gasteiger partial charge in [-0.3, -0.25) is 10.1 Å². The van der Waals surface area contributed by atoms with E-state index >= 15 is 0 Å². The van der Waals surface area contributed by atoms with E-state index in [0.717, 1.165) is 37.2 Å². The van der Waals surface area contributed by atoms with Crippen LogP contribution in [-0.4, -0.2) is 45.2 Å². The number of imidazole rings is 1. The predicted molar refractivity (Wildman–Crippen MR) is 108 cm³/mol. The number of hydrogen-bond acceptors (Lipinski definition) is 5. The van der Waals surface area contributed by atoms with Gasteiger partial charge in [0.2, 0.25) is 5.95 Å². The molecule has 0 aliphatic heterocycles. The quantitative estimate of drug-likeness (QED) is 0.343. The van der Waals surface area contributed by atoms with Crippen molar-refractivity contribution in [3.63, 3.8) is 0 Å². The van der Waals surface area contributed by atoms with Crippen molar-refractivity contribution in [1.29, 1.82) is 0 Å². The van der Waals surface area contributed by atoms with Gasteiger partial charge in [0.15, 0.2) is 0 Å². The Bertz CT molecular complexity index is 960. The summed E-state index contributed by atoms with van der Waals surface area (Å²) in [6.07, 6.45) is 1.63. The van der Waals surface area contributed by atoms with Crippen molar-refractivity contribution < 1.29 is 4.92 Å². The van der Waals surface area contributed by atoms with Gasteiger partial charge in [-0.15, -0.1) is 0 Å². The Hall–Kier alpha value is -3.06. The third-order valence-corrected chi connectivity index (χ3v) is 4.58. The van der Waals surface area contributed by atoms with Gasteiger partial charge in [0.05, 0.1) is 16.0 Å². The highest BCUT2D eigenvalue weighted by Gasteiger charge is 2.11. The maximum atomic E-state index is 10.9. The topological polar surface area (TPSA) is 76.6 Å². The van der Waals surface area contributed by atoms with Crippen molar-refractivity contribution in [3.8, 4) is 0 Å². The molecule has 140 valence electrons. The molecule has 0 unspecified atom stereocenters. The first-order chi connectivity index (χ1) is 13.1. The number of nitro benzene ring substituents is 1. The second kappa shape index (κ2) is 8.55. The van der Waals surface area contributed by atoms with Gasteiger partial charge >= 0.3 is 0 Å². The second-order valence-electron chi connectivity index (χ2n) is 6.19. The molecule has 0 spiro atoms. The first-order valence-electron chi connectivity index (χ1n) is 9.08. The van der Waals surface area contributed by atoms with E-state index in [1.165, 1.54) is 12.1 Å². The molecule has 0 saturated carbocycles. The number of rotatable bonds is 8. The minimum atomic E-state index is -0.406. The van der Waals surface area contributed by atoms with Crippen LogP contribution in [0.4, 0.5) is 11.6 Å². The fourth-order valence-corrected chi connectivity index (χ4v) is 3.01. The minimum Gasteiger partial charge on any atom is -0.307 e. The van der Waals surface area contributed by atoms with Crippen molar-refractivity contribution in [1.82, 2.24) is 14.5 Å². The minimum absolute atomic E-state index is 0.0500. The van der Waals surface area contributed by atoms with Crippen LogP contribution in [0.15, 0.2) is 53.5 Å². The maximum Gasteiger partial charge on any atom is 0.270 e. The molecular formula is C20H23N5O2. The first kappa shape index (κ1) is 18.7. The number of nitro groups is 1.